The molecule has 88 valence electrons. The average molecular weight is 240 g/mol. The van der Waals surface area contributed by atoms with Crippen molar-refractivity contribution < 1.29 is 15.0 Å². The van der Waals surface area contributed by atoms with E-state index in [2.05, 4.69) is 0 Å². The Morgan fingerprint density at radius 1 is 1.50 bits per heavy atom. The summed E-state index contributed by atoms with van der Waals surface area (Å²) in [6.07, 6.45) is 0.664. The normalized spacial score (nSPS) is 12.4. The van der Waals surface area contributed by atoms with E-state index in [1.54, 1.807) is 12.1 Å². The van der Waals surface area contributed by atoms with Gasteiger partial charge in [-0.05, 0) is 31.0 Å². The number of hydrogen-bond donors (Lipinski definition) is 2. The van der Waals surface area contributed by atoms with Gasteiger partial charge in [0.15, 0.2) is 0 Å². The molecule has 0 heterocycles. The van der Waals surface area contributed by atoms with E-state index in [4.69, 9.17) is 10.2 Å². The fourth-order valence-electron chi connectivity index (χ4n) is 1.36. The van der Waals surface area contributed by atoms with Crippen molar-refractivity contribution in [2.75, 3.05) is 6.61 Å². The van der Waals surface area contributed by atoms with Crippen LogP contribution in [0.25, 0.3) is 0 Å². The number of benzene rings is 1. The Balaban J connectivity index is 2.92. The highest BCUT2D eigenvalue weighted by Gasteiger charge is 2.13. The summed E-state index contributed by atoms with van der Waals surface area (Å²) in [6.45, 7) is 4.05. The van der Waals surface area contributed by atoms with Crippen LogP contribution >= 0.6 is 11.8 Å². The first kappa shape index (κ1) is 13.1. The number of carbonyl (C=O) groups is 1. The Bertz CT molecular complexity index is 377. The zero-order valence-electron chi connectivity index (χ0n) is 9.43. The van der Waals surface area contributed by atoms with Crippen molar-refractivity contribution in [1.29, 1.82) is 0 Å². The summed E-state index contributed by atoms with van der Waals surface area (Å²) in [5, 5.41) is 18.1. The molecule has 0 aliphatic rings. The number of aryl methyl sites for hydroxylation is 1. The minimum absolute atomic E-state index is 0.127. The zero-order chi connectivity index (χ0) is 12.1. The van der Waals surface area contributed by atoms with Crippen molar-refractivity contribution in [2.45, 2.75) is 30.4 Å². The van der Waals surface area contributed by atoms with Gasteiger partial charge in [0, 0.05) is 16.8 Å². The minimum Gasteiger partial charge on any atom is -0.478 e. The molecule has 1 atom stereocenters. The molecule has 0 saturated heterocycles. The highest BCUT2D eigenvalue weighted by atomic mass is 32.2. The van der Waals surface area contributed by atoms with Gasteiger partial charge in [0.2, 0.25) is 0 Å². The van der Waals surface area contributed by atoms with Gasteiger partial charge in [-0.3, -0.25) is 0 Å². The van der Waals surface area contributed by atoms with Gasteiger partial charge in [0.05, 0.1) is 5.56 Å². The third-order valence-corrected chi connectivity index (χ3v) is 3.46. The van der Waals surface area contributed by atoms with Crippen LogP contribution < -0.4 is 0 Å². The monoisotopic (exact) mass is 240 g/mol. The first-order valence-electron chi connectivity index (χ1n) is 5.16. The summed E-state index contributed by atoms with van der Waals surface area (Å²) in [4.78, 5) is 11.8. The molecule has 1 aromatic carbocycles. The first-order chi connectivity index (χ1) is 7.54. The molecule has 1 aromatic rings. The van der Waals surface area contributed by atoms with Crippen LogP contribution in [-0.4, -0.2) is 28.0 Å². The van der Waals surface area contributed by atoms with Crippen LogP contribution in [0.3, 0.4) is 0 Å². The van der Waals surface area contributed by atoms with Gasteiger partial charge in [-0.1, -0.05) is 13.0 Å². The van der Waals surface area contributed by atoms with Crippen molar-refractivity contribution in [2.24, 2.45) is 0 Å². The molecule has 0 aliphatic carbocycles. The Hall–Kier alpha value is -1.00. The predicted octanol–water partition coefficient (Wildman–Crippen LogP) is 2.56. The molecule has 0 spiro atoms. The van der Waals surface area contributed by atoms with E-state index in [0.29, 0.717) is 12.0 Å². The zero-order valence-corrected chi connectivity index (χ0v) is 10.3. The maximum Gasteiger partial charge on any atom is 0.336 e. The van der Waals surface area contributed by atoms with Gasteiger partial charge < -0.3 is 10.2 Å². The summed E-state index contributed by atoms with van der Waals surface area (Å²) < 4.78 is 0. The number of hydrogen-bond acceptors (Lipinski definition) is 3. The summed E-state index contributed by atoms with van der Waals surface area (Å²) in [5.41, 5.74) is 1.38. The maximum atomic E-state index is 11.0. The van der Waals surface area contributed by atoms with Crippen molar-refractivity contribution in [3.8, 4) is 0 Å². The largest absolute Gasteiger partial charge is 0.478 e. The number of carboxylic acids is 1. The molecule has 4 heteroatoms. The number of aromatic carboxylic acids is 1. The van der Waals surface area contributed by atoms with Crippen LogP contribution in [0.15, 0.2) is 23.1 Å². The van der Waals surface area contributed by atoms with Crippen LogP contribution in [0.5, 0.6) is 0 Å². The molecule has 3 nitrogen and oxygen atoms in total. The van der Waals surface area contributed by atoms with Crippen LogP contribution in [-0.2, 0) is 0 Å². The lowest BCUT2D eigenvalue weighted by Crippen LogP contribution is -2.04. The Morgan fingerprint density at radius 2 is 2.19 bits per heavy atom. The molecule has 0 aromatic heterocycles. The van der Waals surface area contributed by atoms with Crippen molar-refractivity contribution >= 4 is 17.7 Å². The smallest absolute Gasteiger partial charge is 0.336 e. The second-order valence-corrected chi connectivity index (χ2v) is 5.23. The second-order valence-electron chi connectivity index (χ2n) is 3.75. The second kappa shape index (κ2) is 5.92. The Morgan fingerprint density at radius 3 is 2.75 bits per heavy atom. The molecule has 16 heavy (non-hydrogen) atoms. The summed E-state index contributed by atoms with van der Waals surface area (Å²) in [5.74, 6) is -0.904. The predicted molar refractivity (Wildman–Crippen MR) is 65.2 cm³/mol. The summed E-state index contributed by atoms with van der Waals surface area (Å²) >= 11 is 1.50. The number of thioether (sulfide) groups is 1. The van der Waals surface area contributed by atoms with E-state index in [9.17, 15) is 4.79 Å². The van der Waals surface area contributed by atoms with E-state index >= 15 is 0 Å². The topological polar surface area (TPSA) is 57.5 Å². The Labute approximate surface area is 99.5 Å². The molecule has 0 radical (unpaired) electrons. The first-order valence-corrected chi connectivity index (χ1v) is 6.04. The number of aliphatic hydroxyl groups is 1. The van der Waals surface area contributed by atoms with Gasteiger partial charge >= 0.3 is 5.97 Å². The molecule has 2 N–H and O–H groups in total. The molecule has 0 bridgehead atoms. The Kier molecular flexibility index (Phi) is 4.83. The van der Waals surface area contributed by atoms with E-state index in [0.717, 1.165) is 10.5 Å². The van der Waals surface area contributed by atoms with Gasteiger partial charge in [-0.2, -0.15) is 0 Å². The van der Waals surface area contributed by atoms with Crippen molar-refractivity contribution in [3.05, 3.63) is 29.3 Å². The number of aliphatic hydroxyl groups excluding tert-OH is 1. The van der Waals surface area contributed by atoms with Gasteiger partial charge in [-0.25, -0.2) is 4.79 Å². The molecule has 0 amide bonds. The molecule has 0 saturated carbocycles. The van der Waals surface area contributed by atoms with E-state index < -0.39 is 5.97 Å². The fraction of sp³-hybridized carbons (Fsp3) is 0.417. The summed E-state index contributed by atoms with van der Waals surface area (Å²) in [7, 11) is 0. The van der Waals surface area contributed by atoms with E-state index in [1.165, 1.54) is 11.8 Å². The van der Waals surface area contributed by atoms with Gasteiger partial charge in [0.1, 0.15) is 0 Å². The van der Waals surface area contributed by atoms with Crippen LogP contribution in [0.4, 0.5) is 0 Å². The average Bonchev–Trinajstić information content (AvgIpc) is 2.17. The van der Waals surface area contributed by atoms with Crippen LogP contribution in [0.2, 0.25) is 0 Å². The molecule has 1 unspecified atom stereocenters. The van der Waals surface area contributed by atoms with E-state index in [-0.39, 0.29) is 11.9 Å². The number of carboxylic acid groups (broad SMARTS) is 1. The quantitative estimate of drug-likeness (QED) is 0.777. The minimum atomic E-state index is -0.904. The van der Waals surface area contributed by atoms with Gasteiger partial charge in [-0.15, -0.1) is 11.8 Å². The highest BCUT2D eigenvalue weighted by molar-refractivity contribution is 8.00. The molecular formula is C12H16O3S. The fourth-order valence-corrected chi connectivity index (χ4v) is 2.55. The molecule has 1 rings (SSSR count). The lowest BCUT2D eigenvalue weighted by molar-refractivity contribution is 0.0693. The third kappa shape index (κ3) is 3.54. The number of rotatable bonds is 5. The standard InChI is InChI=1S/C12H16O3S/c1-8-3-4-10(12(14)15)11(7-8)16-9(2)5-6-13/h3-4,7,9,13H,5-6H2,1-2H3,(H,14,15). The van der Waals surface area contributed by atoms with Crippen LogP contribution in [0, 0.1) is 6.92 Å². The highest BCUT2D eigenvalue weighted by Crippen LogP contribution is 2.29. The molecular weight excluding hydrogens is 224 g/mol. The molecule has 0 fully saturated rings. The molecule has 0 aliphatic heterocycles. The lowest BCUT2D eigenvalue weighted by Gasteiger charge is -2.12. The van der Waals surface area contributed by atoms with E-state index in [1.807, 2.05) is 19.9 Å². The maximum absolute atomic E-state index is 11.0. The van der Waals surface area contributed by atoms with Crippen molar-refractivity contribution in [1.82, 2.24) is 0 Å². The summed E-state index contributed by atoms with van der Waals surface area (Å²) in [6, 6.07) is 5.30. The van der Waals surface area contributed by atoms with Gasteiger partial charge in [0.25, 0.3) is 0 Å². The van der Waals surface area contributed by atoms with Crippen LogP contribution in [0.1, 0.15) is 29.3 Å². The van der Waals surface area contributed by atoms with Crippen molar-refractivity contribution in [3.63, 3.8) is 0 Å². The lowest BCUT2D eigenvalue weighted by atomic mass is 10.1. The third-order valence-electron chi connectivity index (χ3n) is 2.23. The SMILES string of the molecule is Cc1ccc(C(=O)O)c(SC(C)CCO)c1.